The van der Waals surface area contributed by atoms with Crippen LogP contribution in [0.1, 0.15) is 28.5 Å². The van der Waals surface area contributed by atoms with Gasteiger partial charge in [-0.3, -0.25) is 9.78 Å². The molecule has 1 aliphatic rings. The summed E-state index contributed by atoms with van der Waals surface area (Å²) in [6, 6.07) is 10.9. The molecule has 1 aromatic heterocycles. The Morgan fingerprint density at radius 1 is 1.30 bits per heavy atom. The minimum absolute atomic E-state index is 0.0360. The minimum atomic E-state index is -1.06. The van der Waals surface area contributed by atoms with Gasteiger partial charge in [0, 0.05) is 17.8 Å². The quantitative estimate of drug-likeness (QED) is 0.869. The molecule has 142 valence electrons. The highest BCUT2D eigenvalue weighted by Gasteiger charge is 2.33. The van der Waals surface area contributed by atoms with Crippen molar-refractivity contribution in [1.29, 1.82) is 0 Å². The Morgan fingerprint density at radius 2 is 2.11 bits per heavy atom. The lowest BCUT2D eigenvalue weighted by molar-refractivity contribution is -0.160. The second-order valence-electron chi connectivity index (χ2n) is 6.61. The maximum absolute atomic E-state index is 12.8. The van der Waals surface area contributed by atoms with Gasteiger partial charge < -0.3 is 19.5 Å². The second kappa shape index (κ2) is 8.18. The summed E-state index contributed by atoms with van der Waals surface area (Å²) in [6.07, 6.45) is 0.327. The molecule has 0 spiro atoms. The third-order valence-corrected chi connectivity index (χ3v) is 4.29. The normalized spacial score (nSPS) is 19.6. The second-order valence-corrected chi connectivity index (χ2v) is 6.61. The van der Waals surface area contributed by atoms with E-state index in [-0.39, 0.29) is 18.6 Å². The van der Waals surface area contributed by atoms with Crippen LogP contribution in [0.5, 0.6) is 5.75 Å². The molecule has 0 radical (unpaired) electrons. The van der Waals surface area contributed by atoms with Crippen molar-refractivity contribution in [1.82, 2.24) is 9.88 Å². The number of aromatic nitrogens is 1. The highest BCUT2D eigenvalue weighted by molar-refractivity contribution is 5.94. The number of carboxylic acids is 1. The SMILES string of the molecule is Cc1ccc(OCc2cccc(C(=O)N3CC(C(=O)O)O[C@H](C)C3)c2)cn1. The number of carboxylic acid groups (broad SMARTS) is 1. The van der Waals surface area contributed by atoms with Gasteiger partial charge in [0.1, 0.15) is 12.4 Å². The average molecular weight is 370 g/mol. The number of benzene rings is 1. The molecular formula is C20H22N2O5. The molecule has 1 saturated heterocycles. The first kappa shape index (κ1) is 18.8. The number of rotatable bonds is 5. The molecule has 0 bridgehead atoms. The summed E-state index contributed by atoms with van der Waals surface area (Å²) in [5, 5.41) is 9.18. The van der Waals surface area contributed by atoms with Crippen LogP contribution in [0, 0.1) is 6.92 Å². The fourth-order valence-corrected chi connectivity index (χ4v) is 2.94. The summed E-state index contributed by atoms with van der Waals surface area (Å²) in [4.78, 5) is 29.7. The summed E-state index contributed by atoms with van der Waals surface area (Å²) >= 11 is 0. The predicted molar refractivity (Wildman–Crippen MR) is 97.6 cm³/mol. The van der Waals surface area contributed by atoms with Crippen molar-refractivity contribution in [2.45, 2.75) is 32.7 Å². The zero-order valence-corrected chi connectivity index (χ0v) is 15.3. The van der Waals surface area contributed by atoms with Crippen molar-refractivity contribution < 1.29 is 24.2 Å². The molecule has 27 heavy (non-hydrogen) atoms. The fraction of sp³-hybridized carbons (Fsp3) is 0.350. The van der Waals surface area contributed by atoms with Crippen molar-refractivity contribution in [3.05, 3.63) is 59.4 Å². The molecular weight excluding hydrogens is 348 g/mol. The van der Waals surface area contributed by atoms with Crippen molar-refractivity contribution in [3.63, 3.8) is 0 Å². The number of amides is 1. The van der Waals surface area contributed by atoms with Crippen molar-refractivity contribution in [3.8, 4) is 5.75 Å². The van der Waals surface area contributed by atoms with Gasteiger partial charge in [-0.25, -0.2) is 4.79 Å². The van der Waals surface area contributed by atoms with Crippen LogP contribution in [0.15, 0.2) is 42.6 Å². The first-order chi connectivity index (χ1) is 12.9. The molecule has 1 amide bonds. The van der Waals surface area contributed by atoms with Crippen molar-refractivity contribution >= 4 is 11.9 Å². The van der Waals surface area contributed by atoms with Crippen LogP contribution < -0.4 is 4.74 Å². The number of carbonyl (C=O) groups excluding carboxylic acids is 1. The number of carbonyl (C=O) groups is 2. The van der Waals surface area contributed by atoms with Crippen molar-refractivity contribution in [2.75, 3.05) is 13.1 Å². The van der Waals surface area contributed by atoms with E-state index in [0.717, 1.165) is 11.3 Å². The maximum atomic E-state index is 12.8. The Kier molecular flexibility index (Phi) is 5.71. The fourth-order valence-electron chi connectivity index (χ4n) is 2.94. The van der Waals surface area contributed by atoms with Crippen LogP contribution in [-0.4, -0.2) is 52.2 Å². The lowest BCUT2D eigenvalue weighted by atomic mass is 10.1. The first-order valence-corrected chi connectivity index (χ1v) is 8.74. The molecule has 1 fully saturated rings. The van der Waals surface area contributed by atoms with Crippen LogP contribution in [0.4, 0.5) is 0 Å². The van der Waals surface area contributed by atoms with Crippen LogP contribution in [0.3, 0.4) is 0 Å². The molecule has 1 N–H and O–H groups in total. The molecule has 3 rings (SSSR count). The number of hydrogen-bond donors (Lipinski definition) is 1. The summed E-state index contributed by atoms with van der Waals surface area (Å²) < 4.78 is 11.1. The molecule has 0 aliphatic carbocycles. The summed E-state index contributed by atoms with van der Waals surface area (Å²) in [7, 11) is 0. The van der Waals surface area contributed by atoms with Crippen LogP contribution in [0.2, 0.25) is 0 Å². The molecule has 1 aromatic carbocycles. The zero-order chi connectivity index (χ0) is 19.4. The molecule has 0 saturated carbocycles. The van der Waals surface area contributed by atoms with Gasteiger partial charge in [0.2, 0.25) is 0 Å². The third kappa shape index (κ3) is 4.83. The number of morpholine rings is 1. The lowest BCUT2D eigenvalue weighted by Crippen LogP contribution is -2.51. The van der Waals surface area contributed by atoms with E-state index in [1.54, 1.807) is 31.3 Å². The van der Waals surface area contributed by atoms with Gasteiger partial charge >= 0.3 is 5.97 Å². The van der Waals surface area contributed by atoms with E-state index in [1.807, 2.05) is 25.1 Å². The Bertz CT molecular complexity index is 821. The number of aliphatic carboxylic acids is 1. The van der Waals surface area contributed by atoms with Gasteiger partial charge in [-0.05, 0) is 43.7 Å². The van der Waals surface area contributed by atoms with Gasteiger partial charge in [-0.15, -0.1) is 0 Å². The third-order valence-electron chi connectivity index (χ3n) is 4.29. The van der Waals surface area contributed by atoms with Crippen LogP contribution in [-0.2, 0) is 16.1 Å². The Balaban J connectivity index is 1.67. The predicted octanol–water partition coefficient (Wildman–Crippen LogP) is 2.28. The van der Waals surface area contributed by atoms with Gasteiger partial charge in [0.15, 0.2) is 6.10 Å². The Morgan fingerprint density at radius 3 is 2.81 bits per heavy atom. The van der Waals surface area contributed by atoms with E-state index in [0.29, 0.717) is 24.5 Å². The smallest absolute Gasteiger partial charge is 0.334 e. The number of ether oxygens (including phenoxy) is 2. The van der Waals surface area contributed by atoms with Crippen LogP contribution in [0.25, 0.3) is 0 Å². The van der Waals surface area contributed by atoms with Crippen molar-refractivity contribution in [2.24, 2.45) is 0 Å². The number of aryl methyl sites for hydroxylation is 1. The molecule has 2 atom stereocenters. The Hall–Kier alpha value is -2.93. The van der Waals surface area contributed by atoms with Gasteiger partial charge in [0.05, 0.1) is 18.8 Å². The van der Waals surface area contributed by atoms with Crippen LogP contribution >= 0.6 is 0 Å². The number of pyridine rings is 1. The number of hydrogen-bond acceptors (Lipinski definition) is 5. The van der Waals surface area contributed by atoms with E-state index in [9.17, 15) is 14.7 Å². The highest BCUT2D eigenvalue weighted by Crippen LogP contribution is 2.17. The topological polar surface area (TPSA) is 89.0 Å². The lowest BCUT2D eigenvalue weighted by Gasteiger charge is -2.35. The molecule has 1 aliphatic heterocycles. The summed E-state index contributed by atoms with van der Waals surface area (Å²) in [6.45, 7) is 4.37. The van der Waals surface area contributed by atoms with Gasteiger partial charge in [-0.1, -0.05) is 12.1 Å². The van der Waals surface area contributed by atoms with E-state index >= 15 is 0 Å². The van der Waals surface area contributed by atoms with E-state index < -0.39 is 12.1 Å². The monoisotopic (exact) mass is 370 g/mol. The molecule has 2 aromatic rings. The Labute approximate surface area is 157 Å². The molecule has 1 unspecified atom stereocenters. The molecule has 7 nitrogen and oxygen atoms in total. The minimum Gasteiger partial charge on any atom is -0.487 e. The zero-order valence-electron chi connectivity index (χ0n) is 15.3. The van der Waals surface area contributed by atoms with E-state index in [4.69, 9.17) is 9.47 Å². The maximum Gasteiger partial charge on any atom is 0.334 e. The summed E-state index contributed by atoms with van der Waals surface area (Å²) in [5.41, 5.74) is 2.25. The van der Waals surface area contributed by atoms with E-state index in [2.05, 4.69) is 4.98 Å². The largest absolute Gasteiger partial charge is 0.487 e. The highest BCUT2D eigenvalue weighted by atomic mass is 16.5. The first-order valence-electron chi connectivity index (χ1n) is 8.74. The molecule has 2 heterocycles. The average Bonchev–Trinajstić information content (AvgIpc) is 2.66. The standard InChI is InChI=1S/C20H22N2O5/c1-13-6-7-17(9-21-13)26-12-15-4-3-5-16(8-15)19(23)22-10-14(2)27-18(11-22)20(24)25/h3-9,14,18H,10-12H2,1-2H3,(H,24,25)/t14-,18?/m1/s1. The molecule has 7 heteroatoms. The van der Waals surface area contributed by atoms with Gasteiger partial charge in [0.25, 0.3) is 5.91 Å². The summed E-state index contributed by atoms with van der Waals surface area (Å²) in [5.74, 6) is -0.618. The number of nitrogens with zero attached hydrogens (tertiary/aromatic N) is 2. The van der Waals surface area contributed by atoms with E-state index in [1.165, 1.54) is 4.90 Å². The van der Waals surface area contributed by atoms with Gasteiger partial charge in [-0.2, -0.15) is 0 Å².